The summed E-state index contributed by atoms with van der Waals surface area (Å²) < 4.78 is 0. The van der Waals surface area contributed by atoms with Gasteiger partial charge in [-0.15, -0.1) is 0 Å². The average Bonchev–Trinajstić information content (AvgIpc) is 2.07. The zero-order valence-corrected chi connectivity index (χ0v) is 7.26. The summed E-state index contributed by atoms with van der Waals surface area (Å²) >= 11 is 0. The molecular weight excluding hydrogens is 136 g/mol. The maximum Gasteiger partial charge on any atom is 0.0394 e. The van der Waals surface area contributed by atoms with Gasteiger partial charge in [-0.05, 0) is 45.6 Å². The standard InChI is InChI=1S/C9H18N2/c1-10-6-5-9-11-7-3-2-4-8-11/h1-9H2. The highest BCUT2D eigenvalue weighted by Crippen LogP contribution is 2.08. The largest absolute Gasteiger partial charge is 0.303 e. The Bertz CT molecular complexity index is 106. The van der Waals surface area contributed by atoms with Crippen molar-refractivity contribution in [3.8, 4) is 0 Å². The molecule has 0 saturated carbocycles. The Morgan fingerprint density at radius 1 is 1.18 bits per heavy atom. The zero-order chi connectivity index (χ0) is 7.94. The van der Waals surface area contributed by atoms with E-state index in [1.807, 2.05) is 0 Å². The Kier molecular flexibility index (Phi) is 4.21. The Labute approximate surface area is 69.3 Å². The van der Waals surface area contributed by atoms with Crippen molar-refractivity contribution in [2.24, 2.45) is 4.99 Å². The van der Waals surface area contributed by atoms with Crippen LogP contribution < -0.4 is 0 Å². The summed E-state index contributed by atoms with van der Waals surface area (Å²) in [7, 11) is 0. The summed E-state index contributed by atoms with van der Waals surface area (Å²) in [6.07, 6.45) is 5.39. The first kappa shape index (κ1) is 8.72. The Morgan fingerprint density at radius 3 is 2.55 bits per heavy atom. The molecule has 0 aromatic rings. The molecule has 1 rings (SSSR count). The minimum Gasteiger partial charge on any atom is -0.303 e. The number of hydrogen-bond acceptors (Lipinski definition) is 2. The van der Waals surface area contributed by atoms with Crippen LogP contribution in [0.15, 0.2) is 4.99 Å². The van der Waals surface area contributed by atoms with E-state index in [4.69, 9.17) is 0 Å². The van der Waals surface area contributed by atoms with Crippen LogP contribution in [0.2, 0.25) is 0 Å². The summed E-state index contributed by atoms with van der Waals surface area (Å²) in [6.45, 7) is 8.23. The summed E-state index contributed by atoms with van der Waals surface area (Å²) in [6, 6.07) is 0. The number of aliphatic imine (C=N–C) groups is 1. The molecule has 11 heavy (non-hydrogen) atoms. The lowest BCUT2D eigenvalue weighted by atomic mass is 10.1. The molecule has 1 saturated heterocycles. The van der Waals surface area contributed by atoms with Crippen molar-refractivity contribution in [3.63, 3.8) is 0 Å². The van der Waals surface area contributed by atoms with Crippen LogP contribution in [0.5, 0.6) is 0 Å². The second-order valence-electron chi connectivity index (χ2n) is 3.20. The van der Waals surface area contributed by atoms with Gasteiger partial charge in [-0.3, -0.25) is 0 Å². The normalized spacial score (nSPS) is 20.0. The van der Waals surface area contributed by atoms with Crippen LogP contribution in [0.25, 0.3) is 0 Å². The molecule has 0 radical (unpaired) electrons. The van der Waals surface area contributed by atoms with Crippen LogP contribution >= 0.6 is 0 Å². The van der Waals surface area contributed by atoms with Crippen molar-refractivity contribution in [2.45, 2.75) is 25.7 Å². The second-order valence-corrected chi connectivity index (χ2v) is 3.20. The molecule has 64 valence electrons. The molecule has 2 nitrogen and oxygen atoms in total. The highest BCUT2D eigenvalue weighted by molar-refractivity contribution is 5.22. The molecule has 0 spiro atoms. The van der Waals surface area contributed by atoms with Gasteiger partial charge in [0, 0.05) is 6.54 Å². The van der Waals surface area contributed by atoms with Gasteiger partial charge in [0.25, 0.3) is 0 Å². The SMILES string of the molecule is C=NCCCN1CCCCC1. The van der Waals surface area contributed by atoms with Crippen molar-refractivity contribution >= 4 is 6.72 Å². The van der Waals surface area contributed by atoms with Crippen LogP contribution in [0.1, 0.15) is 25.7 Å². The molecule has 0 N–H and O–H groups in total. The summed E-state index contributed by atoms with van der Waals surface area (Å²) in [5.41, 5.74) is 0. The summed E-state index contributed by atoms with van der Waals surface area (Å²) in [5.74, 6) is 0. The lowest BCUT2D eigenvalue weighted by Gasteiger charge is -2.25. The van der Waals surface area contributed by atoms with E-state index < -0.39 is 0 Å². The van der Waals surface area contributed by atoms with Gasteiger partial charge in [0.1, 0.15) is 0 Å². The minimum atomic E-state index is 0.927. The van der Waals surface area contributed by atoms with E-state index in [1.54, 1.807) is 0 Å². The van der Waals surface area contributed by atoms with Gasteiger partial charge in [-0.25, -0.2) is 0 Å². The van der Waals surface area contributed by atoms with Crippen molar-refractivity contribution in [3.05, 3.63) is 0 Å². The first-order valence-electron chi connectivity index (χ1n) is 4.58. The maximum absolute atomic E-state index is 3.84. The van der Waals surface area contributed by atoms with E-state index >= 15 is 0 Å². The van der Waals surface area contributed by atoms with Crippen molar-refractivity contribution < 1.29 is 0 Å². The first-order valence-corrected chi connectivity index (χ1v) is 4.58. The van der Waals surface area contributed by atoms with E-state index in [9.17, 15) is 0 Å². The van der Waals surface area contributed by atoms with Crippen molar-refractivity contribution in [2.75, 3.05) is 26.2 Å². The monoisotopic (exact) mass is 154 g/mol. The Morgan fingerprint density at radius 2 is 1.91 bits per heavy atom. The molecular formula is C9H18N2. The van der Waals surface area contributed by atoms with E-state index in [-0.39, 0.29) is 0 Å². The Hall–Kier alpha value is -0.370. The molecule has 1 aliphatic rings. The molecule has 0 atom stereocenters. The molecule has 2 heteroatoms. The molecule has 1 fully saturated rings. The minimum absolute atomic E-state index is 0.927. The van der Waals surface area contributed by atoms with Crippen LogP contribution in [-0.4, -0.2) is 37.8 Å². The fraction of sp³-hybridized carbons (Fsp3) is 0.889. The summed E-state index contributed by atoms with van der Waals surface area (Å²) in [4.78, 5) is 6.38. The van der Waals surface area contributed by atoms with Gasteiger partial charge < -0.3 is 9.89 Å². The third kappa shape index (κ3) is 3.51. The molecule has 0 unspecified atom stereocenters. The third-order valence-electron chi connectivity index (χ3n) is 2.24. The number of rotatable bonds is 4. The van der Waals surface area contributed by atoms with E-state index in [1.165, 1.54) is 45.3 Å². The molecule has 0 bridgehead atoms. The van der Waals surface area contributed by atoms with E-state index in [0.29, 0.717) is 0 Å². The van der Waals surface area contributed by atoms with Gasteiger partial charge in [-0.1, -0.05) is 6.42 Å². The number of likely N-dealkylation sites (tertiary alicyclic amines) is 1. The topological polar surface area (TPSA) is 15.6 Å². The Balaban J connectivity index is 2.00. The van der Waals surface area contributed by atoms with Crippen LogP contribution in [-0.2, 0) is 0 Å². The smallest absolute Gasteiger partial charge is 0.0394 e. The molecule has 0 aliphatic carbocycles. The average molecular weight is 154 g/mol. The highest BCUT2D eigenvalue weighted by atomic mass is 15.1. The van der Waals surface area contributed by atoms with Crippen LogP contribution in [0.3, 0.4) is 0 Å². The third-order valence-corrected chi connectivity index (χ3v) is 2.24. The maximum atomic E-state index is 3.84. The highest BCUT2D eigenvalue weighted by Gasteiger charge is 2.08. The van der Waals surface area contributed by atoms with Crippen LogP contribution in [0.4, 0.5) is 0 Å². The molecule has 1 aliphatic heterocycles. The fourth-order valence-electron chi connectivity index (χ4n) is 1.59. The molecule has 0 amide bonds. The fourth-order valence-corrected chi connectivity index (χ4v) is 1.59. The molecule has 0 aromatic carbocycles. The second kappa shape index (κ2) is 5.30. The zero-order valence-electron chi connectivity index (χ0n) is 7.26. The van der Waals surface area contributed by atoms with Gasteiger partial charge in [0.15, 0.2) is 0 Å². The van der Waals surface area contributed by atoms with Gasteiger partial charge in [0.2, 0.25) is 0 Å². The van der Waals surface area contributed by atoms with Crippen molar-refractivity contribution in [1.82, 2.24) is 4.90 Å². The van der Waals surface area contributed by atoms with Crippen molar-refractivity contribution in [1.29, 1.82) is 0 Å². The number of piperidine rings is 1. The van der Waals surface area contributed by atoms with E-state index in [2.05, 4.69) is 16.6 Å². The van der Waals surface area contributed by atoms with Gasteiger partial charge in [-0.2, -0.15) is 0 Å². The molecule has 1 heterocycles. The quantitative estimate of drug-likeness (QED) is 0.443. The number of hydrogen-bond donors (Lipinski definition) is 0. The summed E-state index contributed by atoms with van der Waals surface area (Å²) in [5, 5.41) is 0. The van der Waals surface area contributed by atoms with Gasteiger partial charge in [0.05, 0.1) is 0 Å². The predicted molar refractivity (Wildman–Crippen MR) is 49.3 cm³/mol. The lowest BCUT2D eigenvalue weighted by molar-refractivity contribution is 0.228. The lowest BCUT2D eigenvalue weighted by Crippen LogP contribution is -2.30. The molecule has 0 aromatic heterocycles. The predicted octanol–water partition coefficient (Wildman–Crippen LogP) is 1.56. The first-order chi connectivity index (χ1) is 5.43. The van der Waals surface area contributed by atoms with Gasteiger partial charge >= 0.3 is 0 Å². The van der Waals surface area contributed by atoms with Crippen LogP contribution in [0, 0.1) is 0 Å². The van der Waals surface area contributed by atoms with E-state index in [0.717, 1.165) is 6.54 Å². The number of nitrogens with zero attached hydrogens (tertiary/aromatic N) is 2.